The highest BCUT2D eigenvalue weighted by Gasteiger charge is 2.38. The largest absolute Gasteiger partial charge is 0.490 e. The molecule has 2 N–H and O–H groups in total. The van der Waals surface area contributed by atoms with Gasteiger partial charge in [-0.15, -0.1) is 10.2 Å². The van der Waals surface area contributed by atoms with Gasteiger partial charge in [-0.3, -0.25) is 9.88 Å². The predicted octanol–water partition coefficient (Wildman–Crippen LogP) is 3.20. The van der Waals surface area contributed by atoms with Crippen molar-refractivity contribution in [1.29, 1.82) is 0 Å². The third kappa shape index (κ3) is 9.91. The minimum Gasteiger partial charge on any atom is -0.475 e. The van der Waals surface area contributed by atoms with E-state index in [-0.39, 0.29) is 0 Å². The fourth-order valence-electron chi connectivity index (χ4n) is 3.12. The van der Waals surface area contributed by atoms with Gasteiger partial charge in [-0.1, -0.05) is 0 Å². The molecule has 0 saturated carbocycles. The molecule has 0 aromatic carbocycles. The number of pyridine rings is 1. The number of hydrogen-bond acceptors (Lipinski definition) is 6. The smallest absolute Gasteiger partial charge is 0.475 e. The van der Waals surface area contributed by atoms with Crippen molar-refractivity contribution in [2.75, 3.05) is 6.54 Å². The average molecular weight is 536 g/mol. The molecule has 0 spiro atoms. The topological polar surface area (TPSA) is 126 Å². The summed E-state index contributed by atoms with van der Waals surface area (Å²) < 4.78 is 67.9. The molecular weight excluding hydrogens is 514 g/mol. The van der Waals surface area contributed by atoms with Gasteiger partial charge in [-0.05, 0) is 36.2 Å². The van der Waals surface area contributed by atoms with Crippen molar-refractivity contribution < 1.29 is 46.1 Å². The van der Waals surface area contributed by atoms with E-state index in [0.29, 0.717) is 0 Å². The van der Waals surface area contributed by atoms with Gasteiger partial charge in [0, 0.05) is 44.4 Å². The Morgan fingerprint density at radius 1 is 0.865 bits per heavy atom. The maximum absolute atomic E-state index is 10.6. The second-order valence-corrected chi connectivity index (χ2v) is 7.56. The number of carboxylic acid groups (broad SMARTS) is 2. The van der Waals surface area contributed by atoms with Gasteiger partial charge < -0.3 is 19.3 Å². The van der Waals surface area contributed by atoms with Crippen LogP contribution < -0.4 is 0 Å². The Labute approximate surface area is 205 Å². The van der Waals surface area contributed by atoms with E-state index in [4.69, 9.17) is 19.8 Å². The lowest BCUT2D eigenvalue weighted by molar-refractivity contribution is -0.193. The molecule has 3 aromatic rings. The van der Waals surface area contributed by atoms with Crippen molar-refractivity contribution >= 4 is 11.9 Å². The maximum atomic E-state index is 10.6. The van der Waals surface area contributed by atoms with Gasteiger partial charge in [0.1, 0.15) is 5.82 Å². The van der Waals surface area contributed by atoms with Crippen LogP contribution >= 0.6 is 0 Å². The van der Waals surface area contributed by atoms with Crippen LogP contribution in [0.25, 0.3) is 0 Å². The van der Waals surface area contributed by atoms with Crippen molar-refractivity contribution in [2.24, 2.45) is 0 Å². The van der Waals surface area contributed by atoms with E-state index >= 15 is 0 Å². The number of carbonyl (C=O) groups is 2. The molecule has 0 saturated heterocycles. The van der Waals surface area contributed by atoms with Gasteiger partial charge in [-0.2, -0.15) is 26.3 Å². The summed E-state index contributed by atoms with van der Waals surface area (Å²) in [6.45, 7) is 4.63. The molecule has 0 fully saturated rings. The van der Waals surface area contributed by atoms with Crippen molar-refractivity contribution in [3.8, 4) is 0 Å². The number of hydrogen-bond donors (Lipinski definition) is 2. The summed E-state index contributed by atoms with van der Waals surface area (Å²) >= 11 is 0. The molecule has 16 heteroatoms. The summed E-state index contributed by atoms with van der Waals surface area (Å²) in [4.78, 5) is 24.3. The maximum Gasteiger partial charge on any atom is 0.490 e. The van der Waals surface area contributed by atoms with Crippen LogP contribution in [0.2, 0.25) is 0 Å². The van der Waals surface area contributed by atoms with Crippen LogP contribution in [-0.4, -0.2) is 70.3 Å². The zero-order valence-electron chi connectivity index (χ0n) is 19.0. The number of nitrogens with zero attached hydrogens (tertiary/aromatic N) is 6. The minimum atomic E-state index is -5.08. The van der Waals surface area contributed by atoms with E-state index in [9.17, 15) is 26.3 Å². The van der Waals surface area contributed by atoms with Gasteiger partial charge in [-0.25, -0.2) is 9.59 Å². The van der Waals surface area contributed by atoms with E-state index < -0.39 is 24.3 Å². The van der Waals surface area contributed by atoms with E-state index in [1.165, 1.54) is 5.56 Å². The molecule has 4 rings (SSSR count). The zero-order valence-corrected chi connectivity index (χ0v) is 19.0. The molecular formula is C21H22F6N6O4. The first kappa shape index (κ1) is 29.3. The normalized spacial score (nSPS) is 13.8. The van der Waals surface area contributed by atoms with Crippen LogP contribution in [0.5, 0.6) is 0 Å². The van der Waals surface area contributed by atoms with E-state index in [1.54, 1.807) is 0 Å². The minimum absolute atomic E-state index is 0.782. The Bertz CT molecular complexity index is 1110. The van der Waals surface area contributed by atoms with Crippen LogP contribution in [0.1, 0.15) is 23.6 Å². The van der Waals surface area contributed by atoms with E-state index in [2.05, 4.69) is 53.7 Å². The van der Waals surface area contributed by atoms with Gasteiger partial charge >= 0.3 is 24.3 Å². The second-order valence-electron chi connectivity index (χ2n) is 7.56. The highest BCUT2D eigenvalue weighted by molar-refractivity contribution is 5.73. The van der Waals surface area contributed by atoms with Crippen molar-refractivity contribution in [3.63, 3.8) is 0 Å². The summed E-state index contributed by atoms with van der Waals surface area (Å²) in [5.41, 5.74) is 1.29. The van der Waals surface area contributed by atoms with Crippen molar-refractivity contribution in [2.45, 2.75) is 45.0 Å². The van der Waals surface area contributed by atoms with Gasteiger partial charge in [0.05, 0.1) is 13.1 Å². The first-order chi connectivity index (χ1) is 17.3. The molecule has 3 aromatic heterocycles. The Balaban J connectivity index is 0.000000286. The summed E-state index contributed by atoms with van der Waals surface area (Å²) in [5, 5.41) is 23.1. The molecule has 37 heavy (non-hydrogen) atoms. The number of fused-ring (bicyclic) bond motifs is 1. The Morgan fingerprint density at radius 3 is 1.92 bits per heavy atom. The van der Waals surface area contributed by atoms with E-state index in [1.807, 2.05) is 24.5 Å². The molecule has 1 aliphatic heterocycles. The second kappa shape index (κ2) is 12.8. The summed E-state index contributed by atoms with van der Waals surface area (Å²) in [6, 6.07) is 8.23. The number of carboxylic acids is 2. The quantitative estimate of drug-likeness (QED) is 0.487. The average Bonchev–Trinajstić information content (AvgIpc) is 3.40. The molecule has 202 valence electrons. The highest BCUT2D eigenvalue weighted by atomic mass is 19.4. The molecule has 10 nitrogen and oxygen atoms in total. The van der Waals surface area contributed by atoms with E-state index in [0.717, 1.165) is 50.8 Å². The van der Waals surface area contributed by atoms with Crippen molar-refractivity contribution in [3.05, 3.63) is 66.3 Å². The van der Waals surface area contributed by atoms with Crippen LogP contribution in [0.3, 0.4) is 0 Å². The number of rotatable bonds is 4. The Morgan fingerprint density at radius 2 is 1.41 bits per heavy atom. The van der Waals surface area contributed by atoms with Gasteiger partial charge in [0.25, 0.3) is 0 Å². The van der Waals surface area contributed by atoms with Crippen molar-refractivity contribution in [1.82, 2.24) is 29.2 Å². The lowest BCUT2D eigenvalue weighted by Gasteiger charge is -2.18. The van der Waals surface area contributed by atoms with Gasteiger partial charge in [0.2, 0.25) is 0 Å². The molecule has 4 heterocycles. The molecule has 0 bridgehead atoms. The first-order valence-corrected chi connectivity index (χ1v) is 10.5. The molecule has 0 atom stereocenters. The summed E-state index contributed by atoms with van der Waals surface area (Å²) in [6.07, 6.45) is -1.22. The van der Waals surface area contributed by atoms with Crippen LogP contribution in [0.4, 0.5) is 26.3 Å². The molecule has 0 amide bonds. The summed E-state index contributed by atoms with van der Waals surface area (Å²) in [7, 11) is 0. The monoisotopic (exact) mass is 536 g/mol. The Hall–Kier alpha value is -3.95. The number of aliphatic carboxylic acids is 2. The molecule has 0 unspecified atom stereocenters. The zero-order chi connectivity index (χ0) is 27.6. The van der Waals surface area contributed by atoms with Crippen LogP contribution in [0.15, 0.2) is 49.1 Å². The van der Waals surface area contributed by atoms with Gasteiger partial charge in [0.15, 0.2) is 5.82 Å². The lowest BCUT2D eigenvalue weighted by atomic mass is 10.2. The Kier molecular flexibility index (Phi) is 10.2. The standard InChI is InChI=1S/C17H20N6.2C2HF3O2/c1-2-9-21(8-1)13-16-19-20-17-14-22(10-3-11-23(16)17)12-15-4-6-18-7-5-15;2*3-2(4,5)1(6)7/h1-2,4-9H,3,10-14H2;2*(H,6,7). The SMILES string of the molecule is O=C(O)C(F)(F)F.O=C(O)C(F)(F)F.c1ccn(Cc2nnc3n2CCCN(Cc2ccncc2)C3)c1. The molecule has 0 radical (unpaired) electrons. The fraction of sp³-hybridized carbons (Fsp3) is 0.381. The number of aromatic nitrogens is 5. The highest BCUT2D eigenvalue weighted by Crippen LogP contribution is 2.16. The summed E-state index contributed by atoms with van der Waals surface area (Å²) in [5.74, 6) is -3.40. The lowest BCUT2D eigenvalue weighted by Crippen LogP contribution is -2.23. The third-order valence-electron chi connectivity index (χ3n) is 4.76. The first-order valence-electron chi connectivity index (χ1n) is 10.5. The third-order valence-corrected chi connectivity index (χ3v) is 4.76. The molecule has 0 aliphatic carbocycles. The van der Waals surface area contributed by atoms with Crippen LogP contribution in [0, 0.1) is 0 Å². The van der Waals surface area contributed by atoms with Crippen LogP contribution in [-0.2, 0) is 35.8 Å². The molecule has 1 aliphatic rings. The number of halogens is 6. The fourth-order valence-corrected chi connectivity index (χ4v) is 3.12. The predicted molar refractivity (Wildman–Crippen MR) is 114 cm³/mol. The number of alkyl halides is 6.